The average molecular weight is 297 g/mol. The van der Waals surface area contributed by atoms with E-state index < -0.39 is 12.0 Å². The summed E-state index contributed by atoms with van der Waals surface area (Å²) in [5, 5.41) is 2.62. The molecule has 1 unspecified atom stereocenters. The number of hydrogen-bond donors (Lipinski definition) is 1. The summed E-state index contributed by atoms with van der Waals surface area (Å²) in [6.07, 6.45) is 5.70. The van der Waals surface area contributed by atoms with E-state index >= 15 is 0 Å². The Balaban J connectivity index is 0.00000180. The zero-order valence-corrected chi connectivity index (χ0v) is 12.1. The third kappa shape index (κ3) is 4.56. The fraction of sp³-hybridized carbons (Fsp3) is 0.923. The van der Waals surface area contributed by atoms with E-state index in [2.05, 4.69) is 5.32 Å². The number of nitrogens with one attached hydrogen (secondary N) is 1. The van der Waals surface area contributed by atoms with Crippen LogP contribution in [-0.2, 0) is 4.79 Å². The number of carbonyl (C=O) groups excluding carboxylic acids is 1. The molecule has 0 aromatic rings. The quantitative estimate of drug-likeness (QED) is 0.867. The van der Waals surface area contributed by atoms with Crippen molar-refractivity contribution in [3.8, 4) is 0 Å². The Morgan fingerprint density at radius 1 is 1.32 bits per heavy atom. The predicted octanol–water partition coefficient (Wildman–Crippen LogP) is 2.44. The largest absolute Gasteiger partial charge is 0.344 e. The molecule has 1 saturated heterocycles. The lowest BCUT2D eigenvalue weighted by Gasteiger charge is -2.28. The van der Waals surface area contributed by atoms with E-state index in [0.29, 0.717) is 12.5 Å². The van der Waals surface area contributed by atoms with Crippen molar-refractivity contribution in [1.82, 2.24) is 10.2 Å². The first-order chi connectivity index (χ1) is 8.48. The minimum absolute atomic E-state index is 0. The monoisotopic (exact) mass is 296 g/mol. The number of hydrogen-bond acceptors (Lipinski definition) is 2. The summed E-state index contributed by atoms with van der Waals surface area (Å²) < 4.78 is 26.1. The highest BCUT2D eigenvalue weighted by atomic mass is 35.5. The van der Waals surface area contributed by atoms with Gasteiger partial charge in [-0.2, -0.15) is 0 Å². The lowest BCUT2D eigenvalue weighted by atomic mass is 9.89. The van der Waals surface area contributed by atoms with Crippen LogP contribution in [0.1, 0.15) is 38.5 Å². The Morgan fingerprint density at radius 2 is 1.95 bits per heavy atom. The molecule has 19 heavy (non-hydrogen) atoms. The zero-order valence-electron chi connectivity index (χ0n) is 11.3. The average Bonchev–Trinajstić information content (AvgIpc) is 2.70. The molecule has 1 aliphatic heterocycles. The van der Waals surface area contributed by atoms with Gasteiger partial charge in [-0.15, -0.1) is 12.4 Å². The molecule has 1 aliphatic carbocycles. The van der Waals surface area contributed by atoms with Gasteiger partial charge in [0.15, 0.2) is 0 Å². The highest BCUT2D eigenvalue weighted by molar-refractivity contribution is 5.85. The van der Waals surface area contributed by atoms with Gasteiger partial charge in [-0.1, -0.05) is 19.3 Å². The van der Waals surface area contributed by atoms with Crippen molar-refractivity contribution in [2.45, 2.75) is 50.5 Å². The van der Waals surface area contributed by atoms with E-state index in [1.54, 1.807) is 11.9 Å². The van der Waals surface area contributed by atoms with Crippen molar-refractivity contribution >= 4 is 18.3 Å². The minimum atomic E-state index is -2.73. The molecule has 1 heterocycles. The first kappa shape index (κ1) is 16.6. The Hall–Kier alpha value is -0.420. The smallest absolute Gasteiger partial charge is 0.262 e. The summed E-state index contributed by atoms with van der Waals surface area (Å²) in [4.78, 5) is 13.7. The second-order valence-corrected chi connectivity index (χ2v) is 5.72. The van der Waals surface area contributed by atoms with Gasteiger partial charge in [-0.05, 0) is 18.8 Å². The van der Waals surface area contributed by atoms with Crippen molar-refractivity contribution in [2.24, 2.45) is 5.92 Å². The Labute approximate surface area is 119 Å². The van der Waals surface area contributed by atoms with E-state index in [0.717, 1.165) is 12.8 Å². The van der Waals surface area contributed by atoms with Crippen molar-refractivity contribution in [3.05, 3.63) is 0 Å². The number of alkyl halides is 2. The van der Waals surface area contributed by atoms with Gasteiger partial charge in [0.1, 0.15) is 0 Å². The fourth-order valence-electron chi connectivity index (χ4n) is 3.00. The lowest BCUT2D eigenvalue weighted by molar-refractivity contribution is -0.133. The third-order valence-electron chi connectivity index (χ3n) is 4.04. The van der Waals surface area contributed by atoms with E-state index in [-0.39, 0.29) is 31.3 Å². The van der Waals surface area contributed by atoms with Crippen molar-refractivity contribution < 1.29 is 13.6 Å². The molecule has 1 N–H and O–H groups in total. The molecule has 1 atom stereocenters. The van der Waals surface area contributed by atoms with Gasteiger partial charge >= 0.3 is 0 Å². The second-order valence-electron chi connectivity index (χ2n) is 5.72. The molecule has 2 fully saturated rings. The van der Waals surface area contributed by atoms with Gasteiger partial charge in [0.25, 0.3) is 5.92 Å². The topological polar surface area (TPSA) is 32.3 Å². The van der Waals surface area contributed by atoms with Crippen LogP contribution in [0.2, 0.25) is 0 Å². The maximum atomic E-state index is 13.0. The van der Waals surface area contributed by atoms with E-state index in [1.807, 2.05) is 0 Å². The lowest BCUT2D eigenvalue weighted by Crippen LogP contribution is -2.43. The number of halogens is 3. The molecule has 0 bridgehead atoms. The Bertz CT molecular complexity index is 309. The van der Waals surface area contributed by atoms with Gasteiger partial charge in [0, 0.05) is 20.0 Å². The van der Waals surface area contributed by atoms with Crippen LogP contribution in [0.25, 0.3) is 0 Å². The summed E-state index contributed by atoms with van der Waals surface area (Å²) in [5.41, 5.74) is 0. The van der Waals surface area contributed by atoms with Crippen molar-refractivity contribution in [1.29, 1.82) is 0 Å². The van der Waals surface area contributed by atoms with Crippen LogP contribution in [0.4, 0.5) is 8.78 Å². The Kier molecular flexibility index (Phi) is 5.99. The van der Waals surface area contributed by atoms with E-state index in [1.165, 1.54) is 19.3 Å². The summed E-state index contributed by atoms with van der Waals surface area (Å²) >= 11 is 0. The van der Waals surface area contributed by atoms with Crippen LogP contribution in [-0.4, -0.2) is 42.9 Å². The maximum Gasteiger partial charge on any atom is 0.262 e. The van der Waals surface area contributed by atoms with Crippen LogP contribution < -0.4 is 5.32 Å². The number of rotatable bonds is 3. The molecule has 3 nitrogen and oxygen atoms in total. The summed E-state index contributed by atoms with van der Waals surface area (Å²) in [7, 11) is 1.73. The van der Waals surface area contributed by atoms with Crippen LogP contribution >= 0.6 is 12.4 Å². The third-order valence-corrected chi connectivity index (χ3v) is 4.04. The molecule has 0 aromatic heterocycles. The van der Waals surface area contributed by atoms with Gasteiger partial charge < -0.3 is 4.90 Å². The maximum absolute atomic E-state index is 13.0. The normalized spacial score (nSPS) is 26.8. The molecule has 0 aromatic carbocycles. The predicted molar refractivity (Wildman–Crippen MR) is 72.8 cm³/mol. The van der Waals surface area contributed by atoms with Crippen LogP contribution in [0.15, 0.2) is 0 Å². The van der Waals surface area contributed by atoms with E-state index in [4.69, 9.17) is 0 Å². The first-order valence-electron chi connectivity index (χ1n) is 6.84. The Morgan fingerprint density at radius 3 is 2.47 bits per heavy atom. The van der Waals surface area contributed by atoms with Crippen LogP contribution in [0.5, 0.6) is 0 Å². The fourth-order valence-corrected chi connectivity index (χ4v) is 3.00. The van der Waals surface area contributed by atoms with Gasteiger partial charge in [0.05, 0.1) is 12.6 Å². The summed E-state index contributed by atoms with van der Waals surface area (Å²) in [5.74, 6) is -2.36. The molecule has 0 spiro atoms. The van der Waals surface area contributed by atoms with E-state index in [9.17, 15) is 13.6 Å². The first-order valence-corrected chi connectivity index (χ1v) is 6.84. The summed E-state index contributed by atoms with van der Waals surface area (Å²) in [6.45, 7) is 0.337. The van der Waals surface area contributed by atoms with Crippen molar-refractivity contribution in [2.75, 3.05) is 20.1 Å². The molecule has 2 rings (SSSR count). The van der Waals surface area contributed by atoms with Gasteiger partial charge in [-0.3, -0.25) is 10.1 Å². The molecular formula is C13H23ClF2N2O. The molecule has 1 saturated carbocycles. The van der Waals surface area contributed by atoms with Crippen LogP contribution in [0.3, 0.4) is 0 Å². The number of amides is 1. The molecule has 2 aliphatic rings. The summed E-state index contributed by atoms with van der Waals surface area (Å²) in [6, 6.07) is -0.700. The molecule has 0 radical (unpaired) electrons. The molecule has 112 valence electrons. The van der Waals surface area contributed by atoms with Gasteiger partial charge in [-0.25, -0.2) is 8.78 Å². The molecule has 6 heteroatoms. The second kappa shape index (κ2) is 6.84. The number of carbonyl (C=O) groups is 1. The highest BCUT2D eigenvalue weighted by Gasteiger charge is 2.43. The number of nitrogens with zero attached hydrogens (tertiary/aromatic N) is 1. The molecular weight excluding hydrogens is 274 g/mol. The van der Waals surface area contributed by atoms with Crippen molar-refractivity contribution in [3.63, 3.8) is 0 Å². The highest BCUT2D eigenvalue weighted by Crippen LogP contribution is 2.27. The van der Waals surface area contributed by atoms with Gasteiger partial charge in [0.2, 0.25) is 5.91 Å². The molecule has 1 amide bonds. The zero-order chi connectivity index (χ0) is 13.2. The SMILES string of the molecule is CN(CC1CCCCC1)C(=O)C1CC(F)(F)CN1.Cl. The standard InChI is InChI=1S/C13H22F2N2O.ClH/c1-17(8-10-5-3-2-4-6-10)12(18)11-7-13(14,15)9-16-11;/h10-11,16H,2-9H2,1H3;1H. The van der Waals surface area contributed by atoms with Crippen LogP contribution in [0, 0.1) is 5.92 Å². The number of likely N-dealkylation sites (N-methyl/N-ethyl adjacent to an activating group) is 1. The minimum Gasteiger partial charge on any atom is -0.344 e.